The van der Waals surface area contributed by atoms with Crippen LogP contribution in [0.2, 0.25) is 5.02 Å². The van der Waals surface area contributed by atoms with Crippen molar-refractivity contribution in [3.63, 3.8) is 0 Å². The number of rotatable bonds is 2. The maximum atomic E-state index is 11.2. The molecule has 1 atom stereocenters. The first-order chi connectivity index (χ1) is 7.92. The van der Waals surface area contributed by atoms with Gasteiger partial charge >= 0.3 is 5.97 Å². The Morgan fingerprint density at radius 2 is 2.24 bits per heavy atom. The number of carboxylic acid groups (broad SMARTS) is 1. The van der Waals surface area contributed by atoms with E-state index >= 15 is 0 Å². The number of hydrogen-bond donors (Lipinski definition) is 1. The highest BCUT2D eigenvalue weighted by atomic mass is 35.5. The molecule has 4 heteroatoms. The van der Waals surface area contributed by atoms with Gasteiger partial charge in [0.25, 0.3) is 0 Å². The SMILES string of the molecule is Cc1ccc(N2CCC(C)(C(=O)O)C2)cc1Cl. The lowest BCUT2D eigenvalue weighted by molar-refractivity contribution is -0.146. The van der Waals surface area contributed by atoms with E-state index in [1.54, 1.807) is 6.92 Å². The number of hydrogen-bond acceptors (Lipinski definition) is 2. The monoisotopic (exact) mass is 253 g/mol. The van der Waals surface area contributed by atoms with Gasteiger partial charge in [0.05, 0.1) is 5.41 Å². The zero-order valence-corrected chi connectivity index (χ0v) is 10.8. The van der Waals surface area contributed by atoms with Gasteiger partial charge in [-0.3, -0.25) is 4.79 Å². The van der Waals surface area contributed by atoms with Crippen LogP contribution in [-0.2, 0) is 4.79 Å². The second-order valence-corrected chi connectivity index (χ2v) is 5.38. The third kappa shape index (κ3) is 2.25. The van der Waals surface area contributed by atoms with E-state index in [2.05, 4.69) is 4.90 Å². The molecule has 1 N–H and O–H groups in total. The number of aliphatic carboxylic acids is 1. The maximum Gasteiger partial charge on any atom is 0.311 e. The van der Waals surface area contributed by atoms with Crippen LogP contribution in [0.25, 0.3) is 0 Å². The summed E-state index contributed by atoms with van der Waals surface area (Å²) in [5.74, 6) is -0.724. The van der Waals surface area contributed by atoms with Crippen molar-refractivity contribution in [3.05, 3.63) is 28.8 Å². The molecular weight excluding hydrogens is 238 g/mol. The van der Waals surface area contributed by atoms with Crippen LogP contribution in [0.15, 0.2) is 18.2 Å². The molecule has 0 aliphatic carbocycles. The minimum Gasteiger partial charge on any atom is -0.481 e. The van der Waals surface area contributed by atoms with Crippen LogP contribution in [0.3, 0.4) is 0 Å². The van der Waals surface area contributed by atoms with Gasteiger partial charge in [0.1, 0.15) is 0 Å². The van der Waals surface area contributed by atoms with Gasteiger partial charge in [-0.15, -0.1) is 0 Å². The lowest BCUT2D eigenvalue weighted by Crippen LogP contribution is -2.31. The van der Waals surface area contributed by atoms with Gasteiger partial charge in [-0.05, 0) is 38.0 Å². The van der Waals surface area contributed by atoms with Gasteiger partial charge in [0, 0.05) is 23.8 Å². The zero-order chi connectivity index (χ0) is 12.6. The molecule has 1 unspecified atom stereocenters. The predicted octanol–water partition coefficient (Wildman–Crippen LogP) is 2.95. The summed E-state index contributed by atoms with van der Waals surface area (Å²) in [5, 5.41) is 9.91. The molecule has 0 amide bonds. The average molecular weight is 254 g/mol. The summed E-state index contributed by atoms with van der Waals surface area (Å²) in [6.45, 7) is 5.06. The standard InChI is InChI=1S/C13H16ClNO2/c1-9-3-4-10(7-11(9)14)15-6-5-13(2,8-15)12(16)17/h3-4,7H,5-6,8H2,1-2H3,(H,16,17). The fraction of sp³-hybridized carbons (Fsp3) is 0.462. The first-order valence-electron chi connectivity index (χ1n) is 5.67. The molecule has 92 valence electrons. The molecule has 0 spiro atoms. The van der Waals surface area contributed by atoms with Crippen molar-refractivity contribution in [3.8, 4) is 0 Å². The number of carbonyl (C=O) groups is 1. The number of halogens is 1. The van der Waals surface area contributed by atoms with Crippen LogP contribution < -0.4 is 4.90 Å². The van der Waals surface area contributed by atoms with Crippen molar-refractivity contribution in [2.75, 3.05) is 18.0 Å². The minimum atomic E-state index is -0.724. The molecule has 17 heavy (non-hydrogen) atoms. The molecule has 1 aromatic rings. The Kier molecular flexibility index (Phi) is 3.04. The van der Waals surface area contributed by atoms with Crippen LogP contribution in [-0.4, -0.2) is 24.2 Å². The molecule has 3 nitrogen and oxygen atoms in total. The number of nitrogens with zero attached hydrogens (tertiary/aromatic N) is 1. The number of carboxylic acids is 1. The van der Waals surface area contributed by atoms with E-state index in [0.29, 0.717) is 13.0 Å². The molecule has 0 radical (unpaired) electrons. The minimum absolute atomic E-state index is 0.543. The molecule has 1 aromatic carbocycles. The van der Waals surface area contributed by atoms with Gasteiger partial charge < -0.3 is 10.0 Å². The lowest BCUT2D eigenvalue weighted by atomic mass is 9.90. The van der Waals surface area contributed by atoms with Crippen molar-refractivity contribution < 1.29 is 9.90 Å². The van der Waals surface area contributed by atoms with Gasteiger partial charge in [0.2, 0.25) is 0 Å². The molecule has 1 fully saturated rings. The van der Waals surface area contributed by atoms with Gasteiger partial charge in [0.15, 0.2) is 0 Å². The van der Waals surface area contributed by atoms with Crippen molar-refractivity contribution in [2.24, 2.45) is 5.41 Å². The van der Waals surface area contributed by atoms with E-state index in [1.807, 2.05) is 25.1 Å². The predicted molar refractivity (Wildman–Crippen MR) is 68.8 cm³/mol. The van der Waals surface area contributed by atoms with Gasteiger partial charge in [-0.1, -0.05) is 17.7 Å². The second-order valence-electron chi connectivity index (χ2n) is 4.97. The Hall–Kier alpha value is -1.22. The largest absolute Gasteiger partial charge is 0.481 e. The molecule has 1 aliphatic rings. The maximum absolute atomic E-state index is 11.2. The summed E-state index contributed by atoms with van der Waals surface area (Å²) in [5.41, 5.74) is 1.40. The molecule has 2 rings (SSSR count). The van der Waals surface area contributed by atoms with E-state index in [4.69, 9.17) is 11.6 Å². The molecular formula is C13H16ClNO2. The van der Waals surface area contributed by atoms with E-state index in [1.165, 1.54) is 0 Å². The fourth-order valence-electron chi connectivity index (χ4n) is 2.13. The van der Waals surface area contributed by atoms with Crippen LogP contribution in [0.1, 0.15) is 18.9 Å². The Balaban J connectivity index is 2.21. The highest BCUT2D eigenvalue weighted by Gasteiger charge is 2.40. The summed E-state index contributed by atoms with van der Waals surface area (Å²) < 4.78 is 0. The first kappa shape index (κ1) is 12.2. The highest BCUT2D eigenvalue weighted by Crippen LogP contribution is 2.34. The molecule has 1 saturated heterocycles. The van der Waals surface area contributed by atoms with Gasteiger partial charge in [-0.25, -0.2) is 0 Å². The molecule has 1 heterocycles. The van der Waals surface area contributed by atoms with E-state index in [9.17, 15) is 9.90 Å². The zero-order valence-electron chi connectivity index (χ0n) is 10.0. The van der Waals surface area contributed by atoms with Crippen LogP contribution in [0, 0.1) is 12.3 Å². The van der Waals surface area contributed by atoms with E-state index in [-0.39, 0.29) is 0 Å². The van der Waals surface area contributed by atoms with Crippen LogP contribution in [0.5, 0.6) is 0 Å². The Morgan fingerprint density at radius 3 is 2.76 bits per heavy atom. The lowest BCUT2D eigenvalue weighted by Gasteiger charge is -2.22. The normalized spacial score (nSPS) is 24.1. The average Bonchev–Trinajstić information content (AvgIpc) is 2.67. The number of aryl methyl sites for hydroxylation is 1. The Labute approximate surface area is 106 Å². The van der Waals surface area contributed by atoms with Crippen LogP contribution in [0.4, 0.5) is 5.69 Å². The van der Waals surface area contributed by atoms with Crippen molar-refractivity contribution in [1.29, 1.82) is 0 Å². The van der Waals surface area contributed by atoms with Crippen molar-refractivity contribution in [1.82, 2.24) is 0 Å². The topological polar surface area (TPSA) is 40.5 Å². The molecule has 1 aliphatic heterocycles. The fourth-order valence-corrected chi connectivity index (χ4v) is 2.31. The molecule has 0 aromatic heterocycles. The summed E-state index contributed by atoms with van der Waals surface area (Å²) >= 11 is 6.08. The second kappa shape index (κ2) is 4.22. The summed E-state index contributed by atoms with van der Waals surface area (Å²) in [6.07, 6.45) is 0.674. The van der Waals surface area contributed by atoms with Crippen molar-refractivity contribution in [2.45, 2.75) is 20.3 Å². The van der Waals surface area contributed by atoms with E-state index < -0.39 is 11.4 Å². The quantitative estimate of drug-likeness (QED) is 0.881. The summed E-state index contributed by atoms with van der Waals surface area (Å²) in [7, 11) is 0. The van der Waals surface area contributed by atoms with Crippen molar-refractivity contribution >= 4 is 23.3 Å². The Morgan fingerprint density at radius 1 is 1.53 bits per heavy atom. The highest BCUT2D eigenvalue weighted by molar-refractivity contribution is 6.31. The summed E-state index contributed by atoms with van der Waals surface area (Å²) in [6, 6.07) is 5.87. The summed E-state index contributed by atoms with van der Waals surface area (Å²) in [4.78, 5) is 13.3. The smallest absolute Gasteiger partial charge is 0.311 e. The van der Waals surface area contributed by atoms with Gasteiger partial charge in [-0.2, -0.15) is 0 Å². The number of anilines is 1. The third-order valence-corrected chi connectivity index (χ3v) is 3.92. The van der Waals surface area contributed by atoms with Crippen LogP contribution >= 0.6 is 11.6 Å². The number of benzene rings is 1. The molecule has 0 bridgehead atoms. The third-order valence-electron chi connectivity index (χ3n) is 3.51. The Bertz CT molecular complexity index is 461. The molecule has 0 saturated carbocycles. The first-order valence-corrected chi connectivity index (χ1v) is 6.05. The van der Waals surface area contributed by atoms with E-state index in [0.717, 1.165) is 22.8 Å².